The first-order chi connectivity index (χ1) is 14.7. The Morgan fingerprint density at radius 2 is 1.93 bits per heavy atom. The van der Waals surface area contributed by atoms with E-state index in [-0.39, 0.29) is 11.7 Å². The van der Waals surface area contributed by atoms with Gasteiger partial charge in [-0.1, -0.05) is 18.2 Å². The summed E-state index contributed by atoms with van der Waals surface area (Å²) in [5.74, 6) is 1.55. The number of para-hydroxylation sites is 2. The fourth-order valence-corrected chi connectivity index (χ4v) is 4.48. The zero-order valence-corrected chi connectivity index (χ0v) is 17.0. The first-order valence-corrected chi connectivity index (χ1v) is 10.6. The van der Waals surface area contributed by atoms with Crippen molar-refractivity contribution >= 4 is 10.9 Å². The largest absolute Gasteiger partial charge is 0.486 e. The maximum Gasteiger partial charge on any atom is 0.255 e. The lowest BCUT2D eigenvalue weighted by Crippen LogP contribution is -2.39. The highest BCUT2D eigenvalue weighted by atomic mass is 16.6. The Kier molecular flexibility index (Phi) is 5.05. The molecule has 1 aliphatic heterocycles. The highest BCUT2D eigenvalue weighted by Crippen LogP contribution is 2.31. The Morgan fingerprint density at radius 3 is 2.77 bits per heavy atom. The minimum Gasteiger partial charge on any atom is -0.486 e. The highest BCUT2D eigenvalue weighted by Gasteiger charge is 2.20. The Labute approximate surface area is 175 Å². The molecule has 0 spiro atoms. The Hall–Kier alpha value is -3.05. The summed E-state index contributed by atoms with van der Waals surface area (Å²) in [7, 11) is 0. The van der Waals surface area contributed by atoms with Gasteiger partial charge in [-0.05, 0) is 66.1 Å². The lowest BCUT2D eigenvalue weighted by Gasteiger charge is -2.26. The second-order valence-electron chi connectivity index (χ2n) is 8.04. The van der Waals surface area contributed by atoms with E-state index in [1.54, 1.807) is 6.08 Å². The molecule has 0 saturated heterocycles. The predicted molar refractivity (Wildman–Crippen MR) is 118 cm³/mol. The van der Waals surface area contributed by atoms with E-state index in [9.17, 15) is 4.79 Å². The molecule has 5 nitrogen and oxygen atoms in total. The number of aromatic nitrogens is 1. The van der Waals surface area contributed by atoms with Gasteiger partial charge in [-0.15, -0.1) is 6.58 Å². The molecule has 5 rings (SSSR count). The molecule has 0 radical (unpaired) electrons. The van der Waals surface area contributed by atoms with Gasteiger partial charge in [0.2, 0.25) is 0 Å². The minimum atomic E-state index is -0.0842. The fraction of sp³-hybridized carbons (Fsp3) is 0.320. The van der Waals surface area contributed by atoms with Crippen LogP contribution in [0, 0.1) is 0 Å². The number of ether oxygens (including phenoxy) is 2. The van der Waals surface area contributed by atoms with E-state index in [0.717, 1.165) is 40.8 Å². The van der Waals surface area contributed by atoms with Crippen LogP contribution in [0.5, 0.6) is 11.5 Å². The van der Waals surface area contributed by atoms with Crippen LogP contribution in [-0.4, -0.2) is 23.8 Å². The summed E-state index contributed by atoms with van der Waals surface area (Å²) in [6.07, 6.45) is 5.12. The van der Waals surface area contributed by atoms with Crippen molar-refractivity contribution in [2.75, 3.05) is 13.2 Å². The quantitative estimate of drug-likeness (QED) is 0.640. The molecule has 3 aromatic rings. The van der Waals surface area contributed by atoms with Crippen LogP contribution in [0.4, 0.5) is 0 Å². The number of benzene rings is 2. The summed E-state index contributed by atoms with van der Waals surface area (Å²) in [5.41, 5.74) is 4.60. The molecule has 2 aromatic carbocycles. The zero-order valence-electron chi connectivity index (χ0n) is 17.0. The topological polar surface area (TPSA) is 52.5 Å². The lowest BCUT2D eigenvalue weighted by molar-refractivity contribution is 0.0902. The molecule has 1 atom stereocenters. The molecule has 1 aromatic heterocycles. The third-order valence-electron chi connectivity index (χ3n) is 5.95. The Morgan fingerprint density at radius 1 is 1.13 bits per heavy atom. The van der Waals surface area contributed by atoms with E-state index in [1.165, 1.54) is 17.5 Å². The van der Waals surface area contributed by atoms with E-state index < -0.39 is 0 Å². The molecule has 1 N–H and O–H groups in total. The number of allylic oxidation sites excluding steroid dienone is 1. The van der Waals surface area contributed by atoms with Gasteiger partial charge in [-0.25, -0.2) is 0 Å². The van der Waals surface area contributed by atoms with Gasteiger partial charge in [0.15, 0.2) is 11.5 Å². The summed E-state index contributed by atoms with van der Waals surface area (Å²) >= 11 is 0. The lowest BCUT2D eigenvalue weighted by atomic mass is 10.0. The molecule has 154 valence electrons. The summed E-state index contributed by atoms with van der Waals surface area (Å²) in [4.78, 5) is 13.1. The van der Waals surface area contributed by atoms with Gasteiger partial charge in [0.25, 0.3) is 5.56 Å². The monoisotopic (exact) mass is 402 g/mol. The van der Waals surface area contributed by atoms with Crippen molar-refractivity contribution in [2.24, 2.45) is 0 Å². The average molecular weight is 402 g/mol. The van der Waals surface area contributed by atoms with Crippen LogP contribution in [0.3, 0.4) is 0 Å². The summed E-state index contributed by atoms with van der Waals surface area (Å²) in [6.45, 7) is 5.95. The van der Waals surface area contributed by atoms with E-state index in [1.807, 2.05) is 34.9 Å². The Balaban J connectivity index is 1.35. The summed E-state index contributed by atoms with van der Waals surface area (Å²) in [6, 6.07) is 14.2. The molecule has 1 aliphatic carbocycles. The molecule has 2 heterocycles. The molecule has 30 heavy (non-hydrogen) atoms. The zero-order chi connectivity index (χ0) is 20.5. The van der Waals surface area contributed by atoms with E-state index in [0.29, 0.717) is 26.2 Å². The molecular formula is C25H26N2O3. The van der Waals surface area contributed by atoms with Crippen LogP contribution in [0.15, 0.2) is 59.9 Å². The van der Waals surface area contributed by atoms with E-state index in [4.69, 9.17) is 9.47 Å². The SMILES string of the molecule is C=CCn1c(=O)c(CNC[C@@H]2COc3ccccc3O2)cc2cc3c(cc21)CCC3. The van der Waals surface area contributed by atoms with Gasteiger partial charge in [-0.2, -0.15) is 0 Å². The minimum absolute atomic E-state index is 0.0407. The molecular weight excluding hydrogens is 376 g/mol. The van der Waals surface area contributed by atoms with Gasteiger partial charge in [-0.3, -0.25) is 4.79 Å². The number of rotatable bonds is 6. The van der Waals surface area contributed by atoms with Crippen LogP contribution in [0.2, 0.25) is 0 Å². The van der Waals surface area contributed by atoms with Gasteiger partial charge < -0.3 is 19.4 Å². The summed E-state index contributed by atoms with van der Waals surface area (Å²) < 4.78 is 13.6. The molecule has 0 fully saturated rings. The second-order valence-corrected chi connectivity index (χ2v) is 8.04. The normalized spacial score (nSPS) is 17.1. The molecule has 0 amide bonds. The van der Waals surface area contributed by atoms with Gasteiger partial charge in [0, 0.05) is 25.2 Å². The number of hydrogen-bond donors (Lipinski definition) is 1. The number of hydrogen-bond acceptors (Lipinski definition) is 4. The van der Waals surface area contributed by atoms with Crippen molar-refractivity contribution in [3.8, 4) is 11.5 Å². The third-order valence-corrected chi connectivity index (χ3v) is 5.95. The maximum absolute atomic E-state index is 13.1. The second kappa shape index (κ2) is 8.00. The number of pyridine rings is 1. The first kappa shape index (κ1) is 18.9. The van der Waals surface area contributed by atoms with Gasteiger partial charge in [0.05, 0.1) is 5.52 Å². The molecule has 0 saturated carbocycles. The third kappa shape index (κ3) is 3.50. The van der Waals surface area contributed by atoms with Crippen molar-refractivity contribution in [2.45, 2.75) is 38.5 Å². The van der Waals surface area contributed by atoms with Crippen molar-refractivity contribution in [1.29, 1.82) is 0 Å². The highest BCUT2D eigenvalue weighted by molar-refractivity contribution is 5.82. The molecule has 2 aliphatic rings. The average Bonchev–Trinajstić information content (AvgIpc) is 3.22. The number of nitrogens with one attached hydrogen (secondary N) is 1. The van der Waals surface area contributed by atoms with E-state index >= 15 is 0 Å². The van der Waals surface area contributed by atoms with Crippen LogP contribution in [0.25, 0.3) is 10.9 Å². The van der Waals surface area contributed by atoms with Crippen molar-refractivity contribution in [3.63, 3.8) is 0 Å². The van der Waals surface area contributed by atoms with Crippen molar-refractivity contribution in [1.82, 2.24) is 9.88 Å². The van der Waals surface area contributed by atoms with Crippen LogP contribution in [0.1, 0.15) is 23.1 Å². The van der Waals surface area contributed by atoms with Gasteiger partial charge >= 0.3 is 0 Å². The van der Waals surface area contributed by atoms with Crippen LogP contribution in [-0.2, 0) is 25.9 Å². The number of aryl methyl sites for hydroxylation is 2. The number of nitrogens with zero attached hydrogens (tertiary/aromatic N) is 1. The van der Waals surface area contributed by atoms with Crippen LogP contribution < -0.4 is 20.3 Å². The van der Waals surface area contributed by atoms with Crippen molar-refractivity contribution in [3.05, 3.63) is 82.2 Å². The van der Waals surface area contributed by atoms with Gasteiger partial charge in [0.1, 0.15) is 12.7 Å². The standard InChI is InChI=1S/C25H26N2O3/c1-2-10-27-22-13-18-7-5-6-17(18)11-19(22)12-20(25(27)28)14-26-15-21-16-29-23-8-3-4-9-24(23)30-21/h2-4,8-9,11-13,21,26H,1,5-7,10,14-16H2/t21-/m1/s1. The van der Waals surface area contributed by atoms with Crippen molar-refractivity contribution < 1.29 is 9.47 Å². The first-order valence-electron chi connectivity index (χ1n) is 10.6. The number of fused-ring (bicyclic) bond motifs is 3. The van der Waals surface area contributed by atoms with E-state index in [2.05, 4.69) is 24.0 Å². The van der Waals surface area contributed by atoms with Crippen LogP contribution >= 0.6 is 0 Å². The molecule has 0 bridgehead atoms. The molecule has 0 unspecified atom stereocenters. The predicted octanol–water partition coefficient (Wildman–Crippen LogP) is 3.61. The Bertz CT molecular complexity index is 1170. The summed E-state index contributed by atoms with van der Waals surface area (Å²) in [5, 5.41) is 4.51. The molecule has 5 heteroatoms. The fourth-order valence-electron chi connectivity index (χ4n) is 4.48. The maximum atomic E-state index is 13.1. The smallest absolute Gasteiger partial charge is 0.255 e.